The Kier molecular flexibility index (Phi) is 4.31. The van der Waals surface area contributed by atoms with Crippen molar-refractivity contribution in [3.63, 3.8) is 0 Å². The summed E-state index contributed by atoms with van der Waals surface area (Å²) in [6.45, 7) is 1.23. The molecule has 0 aromatic heterocycles. The van der Waals surface area contributed by atoms with Gasteiger partial charge in [-0.1, -0.05) is 0 Å². The van der Waals surface area contributed by atoms with Crippen LogP contribution in [0.5, 0.6) is 0 Å². The molecule has 0 radical (unpaired) electrons. The zero-order valence-corrected chi connectivity index (χ0v) is 8.31. The van der Waals surface area contributed by atoms with Crippen LogP contribution in [-0.2, 0) is 14.3 Å². The van der Waals surface area contributed by atoms with Crippen LogP contribution in [0.3, 0.4) is 0 Å². The van der Waals surface area contributed by atoms with Crippen LogP contribution in [0.25, 0.3) is 0 Å². The predicted octanol–water partition coefficient (Wildman–Crippen LogP) is -0.726. The summed E-state index contributed by atoms with van der Waals surface area (Å²) < 4.78 is 9.60. The first kappa shape index (κ1) is 11.4. The number of rotatable bonds is 4. The fraction of sp³-hybridized carbons (Fsp3) is 0.889. The molecule has 1 rings (SSSR count). The van der Waals surface area contributed by atoms with Crippen molar-refractivity contribution in [2.45, 2.75) is 25.0 Å². The molecule has 82 valence electrons. The minimum atomic E-state index is -0.740. The van der Waals surface area contributed by atoms with Crippen LogP contribution in [-0.4, -0.2) is 43.5 Å². The van der Waals surface area contributed by atoms with E-state index in [4.69, 9.17) is 10.5 Å². The van der Waals surface area contributed by atoms with Gasteiger partial charge in [-0.15, -0.1) is 0 Å². The van der Waals surface area contributed by atoms with E-state index in [1.54, 1.807) is 0 Å². The van der Waals surface area contributed by atoms with E-state index < -0.39 is 18.1 Å². The molecule has 0 bridgehead atoms. The lowest BCUT2D eigenvalue weighted by molar-refractivity contribution is -0.143. The first-order valence-corrected chi connectivity index (χ1v) is 4.74. The largest absolute Gasteiger partial charge is 0.468 e. The van der Waals surface area contributed by atoms with E-state index in [2.05, 4.69) is 4.74 Å². The fourth-order valence-electron chi connectivity index (χ4n) is 1.56. The highest BCUT2D eigenvalue weighted by Crippen LogP contribution is 2.19. The van der Waals surface area contributed by atoms with Gasteiger partial charge in [0, 0.05) is 12.5 Å². The quantitative estimate of drug-likeness (QED) is 0.589. The smallest absolute Gasteiger partial charge is 0.322 e. The van der Waals surface area contributed by atoms with Gasteiger partial charge in [0.15, 0.2) is 0 Å². The molecule has 3 atom stereocenters. The van der Waals surface area contributed by atoms with Gasteiger partial charge in [-0.2, -0.15) is 0 Å². The van der Waals surface area contributed by atoms with Crippen LogP contribution in [0.15, 0.2) is 0 Å². The molecule has 0 saturated carbocycles. The van der Waals surface area contributed by atoms with Crippen LogP contribution in [0.4, 0.5) is 0 Å². The average molecular weight is 203 g/mol. The zero-order valence-electron chi connectivity index (χ0n) is 8.31. The monoisotopic (exact) mass is 203 g/mol. The standard InChI is InChI=1S/C9H17NO4/c1-13-9(12)7(10)4-8(11)6-2-3-14-5-6/h6-8,11H,2-5,10H2,1H3. The summed E-state index contributed by atoms with van der Waals surface area (Å²) in [5, 5.41) is 9.70. The molecule has 5 heteroatoms. The zero-order chi connectivity index (χ0) is 10.6. The second kappa shape index (κ2) is 5.29. The van der Waals surface area contributed by atoms with Gasteiger partial charge in [0.2, 0.25) is 0 Å². The summed E-state index contributed by atoms with van der Waals surface area (Å²) in [5.41, 5.74) is 5.52. The van der Waals surface area contributed by atoms with Gasteiger partial charge >= 0.3 is 5.97 Å². The molecule has 0 amide bonds. The second-order valence-corrected chi connectivity index (χ2v) is 3.56. The first-order valence-electron chi connectivity index (χ1n) is 4.74. The lowest BCUT2D eigenvalue weighted by Crippen LogP contribution is -2.37. The third-order valence-corrected chi connectivity index (χ3v) is 2.51. The van der Waals surface area contributed by atoms with E-state index in [0.717, 1.165) is 6.42 Å². The van der Waals surface area contributed by atoms with Crippen molar-refractivity contribution in [2.24, 2.45) is 11.7 Å². The molecule has 1 aliphatic heterocycles. The Hall–Kier alpha value is -0.650. The van der Waals surface area contributed by atoms with Gasteiger partial charge in [-0.25, -0.2) is 0 Å². The number of nitrogens with two attached hydrogens (primary N) is 1. The molecule has 3 N–H and O–H groups in total. The van der Waals surface area contributed by atoms with Gasteiger partial charge < -0.3 is 20.3 Å². The van der Waals surface area contributed by atoms with Gasteiger partial charge in [-0.3, -0.25) is 4.79 Å². The van der Waals surface area contributed by atoms with Crippen molar-refractivity contribution in [3.8, 4) is 0 Å². The summed E-state index contributed by atoms with van der Waals surface area (Å²) in [5.74, 6) is -0.381. The van der Waals surface area contributed by atoms with Gasteiger partial charge in [0.05, 0.1) is 19.8 Å². The van der Waals surface area contributed by atoms with Gasteiger partial charge in [0.1, 0.15) is 6.04 Å². The lowest BCUT2D eigenvalue weighted by atomic mass is 9.96. The van der Waals surface area contributed by atoms with Crippen LogP contribution >= 0.6 is 0 Å². The summed E-state index contributed by atoms with van der Waals surface area (Å²) in [6, 6.07) is -0.740. The Balaban J connectivity index is 2.31. The summed E-state index contributed by atoms with van der Waals surface area (Å²) in [6.07, 6.45) is 0.488. The number of esters is 1. The molecule has 1 aliphatic rings. The number of methoxy groups -OCH3 is 1. The summed E-state index contributed by atoms with van der Waals surface area (Å²) in [7, 11) is 1.28. The highest BCUT2D eigenvalue weighted by molar-refractivity contribution is 5.75. The average Bonchev–Trinajstić information content (AvgIpc) is 2.69. The highest BCUT2D eigenvalue weighted by Gasteiger charge is 2.27. The number of aliphatic hydroxyl groups is 1. The Morgan fingerprint density at radius 1 is 1.79 bits per heavy atom. The number of ether oxygens (including phenoxy) is 2. The van der Waals surface area contributed by atoms with Crippen LogP contribution < -0.4 is 5.73 Å². The minimum absolute atomic E-state index is 0.103. The summed E-state index contributed by atoms with van der Waals surface area (Å²) >= 11 is 0. The van der Waals surface area contributed by atoms with E-state index in [1.165, 1.54) is 7.11 Å². The van der Waals surface area contributed by atoms with Crippen molar-refractivity contribution in [1.82, 2.24) is 0 Å². The Bertz CT molecular complexity index is 191. The molecule has 5 nitrogen and oxygen atoms in total. The number of carbonyl (C=O) groups is 1. The lowest BCUT2D eigenvalue weighted by Gasteiger charge is -2.18. The van der Waals surface area contributed by atoms with E-state index >= 15 is 0 Å². The molecule has 3 unspecified atom stereocenters. The fourth-order valence-corrected chi connectivity index (χ4v) is 1.56. The van der Waals surface area contributed by atoms with E-state index in [9.17, 15) is 9.90 Å². The molecule has 0 aromatic carbocycles. The van der Waals surface area contributed by atoms with Crippen LogP contribution in [0, 0.1) is 5.92 Å². The minimum Gasteiger partial charge on any atom is -0.468 e. The van der Waals surface area contributed by atoms with Crippen molar-refractivity contribution >= 4 is 5.97 Å². The molecular weight excluding hydrogens is 186 g/mol. The normalized spacial score (nSPS) is 25.8. The Morgan fingerprint density at radius 3 is 3.00 bits per heavy atom. The van der Waals surface area contributed by atoms with Crippen molar-refractivity contribution in [2.75, 3.05) is 20.3 Å². The first-order chi connectivity index (χ1) is 6.65. The third kappa shape index (κ3) is 2.94. The van der Waals surface area contributed by atoms with Gasteiger partial charge in [-0.05, 0) is 12.8 Å². The third-order valence-electron chi connectivity index (χ3n) is 2.51. The molecule has 1 heterocycles. The number of hydrogen-bond donors (Lipinski definition) is 2. The van der Waals surface area contributed by atoms with Crippen LogP contribution in [0.2, 0.25) is 0 Å². The van der Waals surface area contributed by atoms with E-state index in [0.29, 0.717) is 13.2 Å². The molecule has 0 spiro atoms. The topological polar surface area (TPSA) is 81.8 Å². The molecule has 0 aromatic rings. The van der Waals surface area contributed by atoms with E-state index in [-0.39, 0.29) is 12.3 Å². The molecular formula is C9H17NO4. The second-order valence-electron chi connectivity index (χ2n) is 3.56. The number of aliphatic hydroxyl groups excluding tert-OH is 1. The molecule has 0 aliphatic carbocycles. The molecule has 14 heavy (non-hydrogen) atoms. The predicted molar refractivity (Wildman–Crippen MR) is 49.5 cm³/mol. The van der Waals surface area contributed by atoms with Gasteiger partial charge in [0.25, 0.3) is 0 Å². The molecule has 1 saturated heterocycles. The van der Waals surface area contributed by atoms with Crippen molar-refractivity contribution < 1.29 is 19.4 Å². The Morgan fingerprint density at radius 2 is 2.50 bits per heavy atom. The SMILES string of the molecule is COC(=O)C(N)CC(O)C1CCOC1. The number of carbonyl (C=O) groups excluding carboxylic acids is 1. The summed E-state index contributed by atoms with van der Waals surface area (Å²) in [4.78, 5) is 11.0. The van der Waals surface area contributed by atoms with Crippen LogP contribution in [0.1, 0.15) is 12.8 Å². The maximum Gasteiger partial charge on any atom is 0.322 e. The maximum atomic E-state index is 11.0. The highest BCUT2D eigenvalue weighted by atomic mass is 16.5. The Labute approximate surface area is 83.2 Å². The van der Waals surface area contributed by atoms with Crippen molar-refractivity contribution in [3.05, 3.63) is 0 Å². The molecule has 1 fully saturated rings. The van der Waals surface area contributed by atoms with E-state index in [1.807, 2.05) is 0 Å². The van der Waals surface area contributed by atoms with Crippen molar-refractivity contribution in [1.29, 1.82) is 0 Å². The number of hydrogen-bond acceptors (Lipinski definition) is 5. The maximum absolute atomic E-state index is 11.0.